The van der Waals surface area contributed by atoms with Crippen LogP contribution in [0.15, 0.2) is 42.5 Å². The quantitative estimate of drug-likeness (QED) is 0.727. The molecule has 0 saturated carbocycles. The van der Waals surface area contributed by atoms with E-state index in [1.165, 1.54) is 0 Å². The third-order valence-corrected chi connectivity index (χ3v) is 3.62. The topological polar surface area (TPSA) is 21.3 Å². The lowest BCUT2D eigenvalue weighted by molar-refractivity contribution is 0.217. The molecule has 21 heavy (non-hydrogen) atoms. The van der Waals surface area contributed by atoms with Crippen LogP contribution < -0.4 is 10.1 Å². The highest BCUT2D eigenvalue weighted by molar-refractivity contribution is 6.34. The van der Waals surface area contributed by atoms with Crippen LogP contribution >= 0.6 is 23.2 Å². The maximum atomic E-state index is 5.99. The van der Waals surface area contributed by atoms with Gasteiger partial charge in [-0.15, -0.1) is 0 Å². The van der Waals surface area contributed by atoms with Gasteiger partial charge in [-0.05, 0) is 61.4 Å². The van der Waals surface area contributed by atoms with Crippen molar-refractivity contribution in [3.63, 3.8) is 0 Å². The van der Waals surface area contributed by atoms with E-state index < -0.39 is 0 Å². The van der Waals surface area contributed by atoms with Crippen molar-refractivity contribution in [2.45, 2.75) is 32.9 Å². The Hall–Kier alpha value is -1.38. The van der Waals surface area contributed by atoms with Gasteiger partial charge < -0.3 is 10.1 Å². The maximum Gasteiger partial charge on any atom is 0.119 e. The van der Waals surface area contributed by atoms with E-state index in [9.17, 15) is 0 Å². The minimum atomic E-state index is 0.234. The molecule has 1 unspecified atom stereocenters. The minimum absolute atomic E-state index is 0.234. The second-order valence-corrected chi connectivity index (χ2v) is 5.87. The summed E-state index contributed by atoms with van der Waals surface area (Å²) in [4.78, 5) is 0. The molecule has 0 bridgehead atoms. The molecule has 2 nitrogen and oxygen atoms in total. The Balaban J connectivity index is 1.94. The van der Waals surface area contributed by atoms with Crippen molar-refractivity contribution in [3.8, 4) is 5.75 Å². The van der Waals surface area contributed by atoms with E-state index in [1.54, 1.807) is 6.07 Å². The van der Waals surface area contributed by atoms with Crippen molar-refractivity contribution in [1.29, 1.82) is 0 Å². The van der Waals surface area contributed by atoms with Crippen LogP contribution in [0.25, 0.3) is 0 Å². The molecule has 0 aromatic heterocycles. The first kappa shape index (κ1) is 16.0. The largest absolute Gasteiger partial charge is 0.491 e. The van der Waals surface area contributed by atoms with Gasteiger partial charge in [-0.2, -0.15) is 0 Å². The third kappa shape index (κ3) is 5.14. The highest BCUT2D eigenvalue weighted by atomic mass is 35.5. The fourth-order valence-corrected chi connectivity index (χ4v) is 2.46. The Morgan fingerprint density at radius 2 is 1.67 bits per heavy atom. The summed E-state index contributed by atoms with van der Waals surface area (Å²) in [5, 5.41) is 4.64. The van der Waals surface area contributed by atoms with Gasteiger partial charge in [0.15, 0.2) is 0 Å². The molecule has 0 heterocycles. The second kappa shape index (κ2) is 7.58. The zero-order chi connectivity index (χ0) is 15.2. The highest BCUT2D eigenvalue weighted by Gasteiger charge is 2.02. The molecular weight excluding hydrogens is 305 g/mol. The standard InChI is InChI=1S/C17H19Cl2NO/c1-3-12(2)21-17-6-4-16(5-7-17)20-11-13-8-14(18)10-15(19)9-13/h4-10,12,20H,3,11H2,1-2H3. The zero-order valence-electron chi connectivity index (χ0n) is 12.2. The summed E-state index contributed by atoms with van der Waals surface area (Å²) < 4.78 is 5.75. The maximum absolute atomic E-state index is 5.99. The van der Waals surface area contributed by atoms with E-state index in [0.29, 0.717) is 16.6 Å². The second-order valence-electron chi connectivity index (χ2n) is 4.99. The monoisotopic (exact) mass is 323 g/mol. The molecule has 2 aromatic carbocycles. The van der Waals surface area contributed by atoms with Crippen LogP contribution in [0.2, 0.25) is 10.0 Å². The molecule has 0 radical (unpaired) electrons. The first-order valence-electron chi connectivity index (χ1n) is 7.02. The molecule has 0 spiro atoms. The molecule has 0 amide bonds. The van der Waals surface area contributed by atoms with Crippen molar-refractivity contribution in [2.24, 2.45) is 0 Å². The molecule has 1 N–H and O–H groups in total. The van der Waals surface area contributed by atoms with Crippen LogP contribution in [0, 0.1) is 0 Å². The van der Waals surface area contributed by atoms with Crippen LogP contribution in [0.4, 0.5) is 5.69 Å². The van der Waals surface area contributed by atoms with Gasteiger partial charge in [0.25, 0.3) is 0 Å². The molecule has 0 aliphatic carbocycles. The number of benzene rings is 2. The number of anilines is 1. The van der Waals surface area contributed by atoms with Gasteiger partial charge in [-0.1, -0.05) is 30.1 Å². The van der Waals surface area contributed by atoms with Crippen molar-refractivity contribution in [3.05, 3.63) is 58.1 Å². The SMILES string of the molecule is CCC(C)Oc1ccc(NCc2cc(Cl)cc(Cl)c2)cc1. The van der Waals surface area contributed by atoms with Gasteiger partial charge >= 0.3 is 0 Å². The molecule has 0 fully saturated rings. The molecule has 2 aromatic rings. The number of ether oxygens (including phenoxy) is 1. The van der Waals surface area contributed by atoms with Gasteiger partial charge in [-0.25, -0.2) is 0 Å². The Morgan fingerprint density at radius 1 is 1.05 bits per heavy atom. The minimum Gasteiger partial charge on any atom is -0.491 e. The Morgan fingerprint density at radius 3 is 2.24 bits per heavy atom. The normalized spacial score (nSPS) is 12.0. The van der Waals surface area contributed by atoms with Gasteiger partial charge in [-0.3, -0.25) is 0 Å². The lowest BCUT2D eigenvalue weighted by Gasteiger charge is -2.13. The molecule has 112 valence electrons. The summed E-state index contributed by atoms with van der Waals surface area (Å²) in [7, 11) is 0. The summed E-state index contributed by atoms with van der Waals surface area (Å²) in [6.45, 7) is 4.84. The zero-order valence-corrected chi connectivity index (χ0v) is 13.7. The van der Waals surface area contributed by atoms with Crippen LogP contribution in [-0.4, -0.2) is 6.10 Å². The highest BCUT2D eigenvalue weighted by Crippen LogP contribution is 2.21. The predicted octanol–water partition coefficient (Wildman–Crippen LogP) is 5.78. The third-order valence-electron chi connectivity index (χ3n) is 3.19. The first-order valence-corrected chi connectivity index (χ1v) is 7.78. The van der Waals surface area contributed by atoms with E-state index in [0.717, 1.165) is 23.4 Å². The van der Waals surface area contributed by atoms with Crippen molar-refractivity contribution in [2.75, 3.05) is 5.32 Å². The number of hydrogen-bond donors (Lipinski definition) is 1. The lowest BCUT2D eigenvalue weighted by atomic mass is 10.2. The Labute approximate surface area is 136 Å². The van der Waals surface area contributed by atoms with Crippen LogP contribution in [0.3, 0.4) is 0 Å². The Bertz CT molecular complexity index is 564. The molecule has 0 saturated heterocycles. The van der Waals surface area contributed by atoms with Gasteiger partial charge in [0.1, 0.15) is 5.75 Å². The number of rotatable bonds is 6. The van der Waals surface area contributed by atoms with Gasteiger partial charge in [0, 0.05) is 22.3 Å². The summed E-state index contributed by atoms with van der Waals surface area (Å²) in [6, 6.07) is 13.5. The summed E-state index contributed by atoms with van der Waals surface area (Å²) in [6.07, 6.45) is 1.23. The fourth-order valence-electron chi connectivity index (χ4n) is 1.88. The van der Waals surface area contributed by atoms with Crippen LogP contribution in [0.1, 0.15) is 25.8 Å². The van der Waals surface area contributed by atoms with Crippen molar-refractivity contribution >= 4 is 28.9 Å². The van der Waals surface area contributed by atoms with Crippen molar-refractivity contribution in [1.82, 2.24) is 0 Å². The van der Waals surface area contributed by atoms with E-state index in [2.05, 4.69) is 19.2 Å². The van der Waals surface area contributed by atoms with Crippen LogP contribution in [-0.2, 0) is 6.54 Å². The summed E-state index contributed by atoms with van der Waals surface area (Å²) in [5.74, 6) is 0.890. The molecule has 2 rings (SSSR count). The average molecular weight is 324 g/mol. The van der Waals surface area contributed by atoms with E-state index >= 15 is 0 Å². The predicted molar refractivity (Wildman–Crippen MR) is 90.6 cm³/mol. The smallest absolute Gasteiger partial charge is 0.119 e. The van der Waals surface area contributed by atoms with Crippen molar-refractivity contribution < 1.29 is 4.74 Å². The summed E-state index contributed by atoms with van der Waals surface area (Å²) in [5.41, 5.74) is 2.08. The molecule has 0 aliphatic rings. The first-order chi connectivity index (χ1) is 10.1. The van der Waals surface area contributed by atoms with E-state index in [1.807, 2.05) is 36.4 Å². The Kier molecular flexibility index (Phi) is 5.77. The van der Waals surface area contributed by atoms with Gasteiger partial charge in [0.05, 0.1) is 6.10 Å². The fraction of sp³-hybridized carbons (Fsp3) is 0.294. The molecule has 1 atom stereocenters. The van der Waals surface area contributed by atoms with Gasteiger partial charge in [0.2, 0.25) is 0 Å². The van der Waals surface area contributed by atoms with Crippen LogP contribution in [0.5, 0.6) is 5.75 Å². The lowest BCUT2D eigenvalue weighted by Crippen LogP contribution is -2.09. The van der Waals surface area contributed by atoms with E-state index in [4.69, 9.17) is 27.9 Å². The number of halogens is 2. The average Bonchev–Trinajstić information content (AvgIpc) is 2.45. The molecule has 0 aliphatic heterocycles. The van der Waals surface area contributed by atoms with E-state index in [-0.39, 0.29) is 6.10 Å². The molecular formula is C17H19Cl2NO. The molecule has 4 heteroatoms. The number of nitrogens with one attached hydrogen (secondary N) is 1. The number of hydrogen-bond acceptors (Lipinski definition) is 2. The summed E-state index contributed by atoms with van der Waals surface area (Å²) >= 11 is 12.0.